The van der Waals surface area contributed by atoms with Crippen LogP contribution in [0.3, 0.4) is 0 Å². The molecule has 14 heteroatoms. The van der Waals surface area contributed by atoms with Gasteiger partial charge in [0, 0.05) is 0 Å². The van der Waals surface area contributed by atoms with E-state index in [0.29, 0.717) is 19.3 Å². The van der Waals surface area contributed by atoms with E-state index in [1.807, 2.05) is 0 Å². The zero-order valence-electron chi connectivity index (χ0n) is 35.1. The molecule has 0 radical (unpaired) electrons. The summed E-state index contributed by atoms with van der Waals surface area (Å²) in [6, 6.07) is -1.03. The number of rotatable bonds is 38. The maximum Gasteiger partial charge on any atom is 0.397 e. The predicted octanol–water partition coefficient (Wildman–Crippen LogP) is 7.19. The van der Waals surface area contributed by atoms with E-state index in [0.717, 1.165) is 38.5 Å². The Hall–Kier alpha value is -0.940. The summed E-state index contributed by atoms with van der Waals surface area (Å²) < 4.78 is 47.5. The van der Waals surface area contributed by atoms with Crippen LogP contribution in [0.1, 0.15) is 200 Å². The van der Waals surface area contributed by atoms with E-state index < -0.39 is 78.5 Å². The first-order valence-corrected chi connectivity index (χ1v) is 23.9. The maximum atomic E-state index is 13.1. The smallest absolute Gasteiger partial charge is 0.394 e. The SMILES string of the molecule is CCCCCCCCCCCCCCCCCCCC(O)C(COC1OC(CO)C(O)C(OS(=O)(=O)O)C1O)NC(=O)C(O)CCCCCCCCCCCC. The third-order valence-electron chi connectivity index (χ3n) is 11.0. The second-order valence-corrected chi connectivity index (χ2v) is 17.2. The summed E-state index contributed by atoms with van der Waals surface area (Å²) in [4.78, 5) is 13.1. The molecule has 1 heterocycles. The van der Waals surface area contributed by atoms with Gasteiger partial charge in [-0.1, -0.05) is 187 Å². The lowest BCUT2D eigenvalue weighted by Crippen LogP contribution is -2.61. The van der Waals surface area contributed by atoms with Crippen LogP contribution in [0.15, 0.2) is 0 Å². The van der Waals surface area contributed by atoms with Crippen molar-refractivity contribution in [1.29, 1.82) is 0 Å². The molecule has 1 fully saturated rings. The molecule has 8 unspecified atom stereocenters. The van der Waals surface area contributed by atoms with Crippen LogP contribution in [0.25, 0.3) is 0 Å². The van der Waals surface area contributed by atoms with E-state index in [2.05, 4.69) is 23.3 Å². The summed E-state index contributed by atoms with van der Waals surface area (Å²) in [7, 11) is -5.10. The molecule has 0 aromatic rings. The molecule has 8 atom stereocenters. The predicted molar refractivity (Wildman–Crippen MR) is 219 cm³/mol. The molecular weight excluding hydrogens is 743 g/mol. The van der Waals surface area contributed by atoms with Crippen LogP contribution in [0.4, 0.5) is 0 Å². The molecule has 1 saturated heterocycles. The van der Waals surface area contributed by atoms with Crippen molar-refractivity contribution >= 4 is 16.3 Å². The van der Waals surface area contributed by atoms with Gasteiger partial charge in [0.25, 0.3) is 0 Å². The summed E-state index contributed by atoms with van der Waals surface area (Å²) in [5.41, 5.74) is 0. The number of carbonyl (C=O) groups excluding carboxylic acids is 1. The van der Waals surface area contributed by atoms with Gasteiger partial charge in [0.1, 0.15) is 30.5 Å². The van der Waals surface area contributed by atoms with E-state index in [4.69, 9.17) is 14.0 Å². The van der Waals surface area contributed by atoms with E-state index in [1.54, 1.807) is 0 Å². The molecule has 0 saturated carbocycles. The molecule has 1 aliphatic rings. The fourth-order valence-electron chi connectivity index (χ4n) is 7.41. The third kappa shape index (κ3) is 26.2. The van der Waals surface area contributed by atoms with Crippen molar-refractivity contribution in [2.45, 2.75) is 249 Å². The Labute approximate surface area is 340 Å². The molecule has 13 nitrogen and oxygen atoms in total. The molecule has 0 aromatic heterocycles. The summed E-state index contributed by atoms with van der Waals surface area (Å²) in [6.07, 6.45) is 21.5. The molecular formula is C42H83NO12S. The monoisotopic (exact) mass is 826 g/mol. The highest BCUT2D eigenvalue weighted by molar-refractivity contribution is 7.80. The van der Waals surface area contributed by atoms with Crippen molar-refractivity contribution in [3.63, 3.8) is 0 Å². The van der Waals surface area contributed by atoms with Crippen LogP contribution in [0.5, 0.6) is 0 Å². The highest BCUT2D eigenvalue weighted by Gasteiger charge is 2.48. The Balaban J connectivity index is 2.56. The zero-order valence-corrected chi connectivity index (χ0v) is 35.9. The Morgan fingerprint density at radius 1 is 0.643 bits per heavy atom. The van der Waals surface area contributed by atoms with Crippen molar-refractivity contribution in [2.24, 2.45) is 0 Å². The van der Waals surface area contributed by atoms with E-state index in [9.17, 15) is 38.7 Å². The molecule has 56 heavy (non-hydrogen) atoms. The molecule has 0 bridgehead atoms. The van der Waals surface area contributed by atoms with Gasteiger partial charge in [-0.3, -0.25) is 9.35 Å². The minimum atomic E-state index is -5.10. The first-order chi connectivity index (χ1) is 26.9. The van der Waals surface area contributed by atoms with Gasteiger partial charge in [-0.2, -0.15) is 8.42 Å². The van der Waals surface area contributed by atoms with Gasteiger partial charge in [-0.25, -0.2) is 4.18 Å². The molecule has 0 aliphatic carbocycles. The fraction of sp³-hybridized carbons (Fsp3) is 0.976. The minimum absolute atomic E-state index is 0.264. The van der Waals surface area contributed by atoms with E-state index in [-0.39, 0.29) is 6.42 Å². The average Bonchev–Trinajstić information content (AvgIpc) is 3.16. The Morgan fingerprint density at radius 3 is 1.43 bits per heavy atom. The van der Waals surface area contributed by atoms with Gasteiger partial charge in [0.15, 0.2) is 6.29 Å². The number of nitrogens with one attached hydrogen (secondary N) is 1. The average molecular weight is 826 g/mol. The standard InChI is InChI=1S/C42H83NO12S/c1-3-5-7-9-11-13-15-16-17-18-19-20-21-23-24-26-28-30-35(45)34(43-41(49)36(46)31-29-27-25-22-14-12-10-8-6-4-2)33-53-42-39(48)40(55-56(50,51)52)38(47)37(32-44)54-42/h34-40,42,44-48H,3-33H2,1-2H3,(H,43,49)(H,50,51,52). The van der Waals surface area contributed by atoms with Gasteiger partial charge in [0.05, 0.1) is 25.4 Å². The number of amides is 1. The molecule has 0 spiro atoms. The number of aliphatic hydroxyl groups is 5. The molecule has 0 aromatic carbocycles. The van der Waals surface area contributed by atoms with Crippen LogP contribution < -0.4 is 5.32 Å². The molecule has 7 N–H and O–H groups in total. The van der Waals surface area contributed by atoms with Crippen LogP contribution in [0, 0.1) is 0 Å². The zero-order chi connectivity index (χ0) is 41.4. The first kappa shape index (κ1) is 53.1. The number of aliphatic hydroxyl groups excluding tert-OH is 5. The van der Waals surface area contributed by atoms with Gasteiger partial charge < -0.3 is 40.3 Å². The summed E-state index contributed by atoms with van der Waals surface area (Å²) >= 11 is 0. The largest absolute Gasteiger partial charge is 0.397 e. The number of unbranched alkanes of at least 4 members (excludes halogenated alkanes) is 25. The van der Waals surface area contributed by atoms with Gasteiger partial charge in [-0.15, -0.1) is 0 Å². The lowest BCUT2D eigenvalue weighted by molar-refractivity contribution is -0.298. The summed E-state index contributed by atoms with van der Waals surface area (Å²) in [5.74, 6) is -0.669. The Kier molecular flexibility index (Phi) is 32.1. The number of carbonyl (C=O) groups is 1. The van der Waals surface area contributed by atoms with Crippen molar-refractivity contribution in [3.05, 3.63) is 0 Å². The maximum absolute atomic E-state index is 13.1. The van der Waals surface area contributed by atoms with Crippen molar-refractivity contribution in [3.8, 4) is 0 Å². The second-order valence-electron chi connectivity index (χ2n) is 16.1. The summed E-state index contributed by atoms with van der Waals surface area (Å²) in [6.45, 7) is 3.26. The number of hydrogen-bond acceptors (Lipinski definition) is 11. The Bertz CT molecular complexity index is 1040. The number of ether oxygens (including phenoxy) is 2. The first-order valence-electron chi connectivity index (χ1n) is 22.5. The molecule has 1 rings (SSSR count). The van der Waals surface area contributed by atoms with E-state index in [1.165, 1.54) is 122 Å². The normalized spacial score (nSPS) is 21.9. The molecule has 334 valence electrons. The van der Waals surface area contributed by atoms with Gasteiger partial charge in [-0.05, 0) is 12.8 Å². The third-order valence-corrected chi connectivity index (χ3v) is 11.5. The number of hydrogen-bond donors (Lipinski definition) is 7. The van der Waals surface area contributed by atoms with Crippen molar-refractivity contribution < 1.29 is 57.0 Å². The summed E-state index contributed by atoms with van der Waals surface area (Å²) in [5, 5.41) is 55.2. The van der Waals surface area contributed by atoms with E-state index >= 15 is 0 Å². The topological polar surface area (TPSA) is 212 Å². The lowest BCUT2D eigenvalue weighted by Gasteiger charge is -2.41. The van der Waals surface area contributed by atoms with Crippen molar-refractivity contribution in [1.82, 2.24) is 5.32 Å². The van der Waals surface area contributed by atoms with Gasteiger partial charge >= 0.3 is 10.4 Å². The van der Waals surface area contributed by atoms with Crippen LogP contribution >= 0.6 is 0 Å². The highest BCUT2D eigenvalue weighted by Crippen LogP contribution is 2.26. The second kappa shape index (κ2) is 33.8. The van der Waals surface area contributed by atoms with Crippen LogP contribution in [0.2, 0.25) is 0 Å². The van der Waals surface area contributed by atoms with Gasteiger partial charge in [0.2, 0.25) is 5.91 Å². The fourth-order valence-corrected chi connectivity index (χ4v) is 7.92. The lowest BCUT2D eigenvalue weighted by atomic mass is 9.99. The minimum Gasteiger partial charge on any atom is -0.394 e. The quantitative estimate of drug-likeness (QED) is 0.0244. The van der Waals surface area contributed by atoms with Crippen LogP contribution in [-0.4, -0.2) is 107 Å². The molecule has 1 aliphatic heterocycles. The Morgan fingerprint density at radius 2 is 1.04 bits per heavy atom. The van der Waals surface area contributed by atoms with Crippen LogP contribution in [-0.2, 0) is 28.9 Å². The van der Waals surface area contributed by atoms with Crippen molar-refractivity contribution in [2.75, 3.05) is 13.2 Å². The molecule has 1 amide bonds. The highest BCUT2D eigenvalue weighted by atomic mass is 32.3.